The highest BCUT2D eigenvalue weighted by Gasteiger charge is 2.25. The van der Waals surface area contributed by atoms with Gasteiger partial charge in [0.25, 0.3) is 0 Å². The van der Waals surface area contributed by atoms with Crippen molar-refractivity contribution in [2.75, 3.05) is 6.54 Å². The highest BCUT2D eigenvalue weighted by Crippen LogP contribution is 2.13. The smallest absolute Gasteiger partial charge is 0.323 e. The Morgan fingerprint density at radius 3 is 2.54 bits per heavy atom. The lowest BCUT2D eigenvalue weighted by atomic mass is 10.0. The first-order chi connectivity index (χ1) is 5.99. The highest BCUT2D eigenvalue weighted by molar-refractivity contribution is 5.76. The van der Waals surface area contributed by atoms with Gasteiger partial charge in [0.1, 0.15) is 11.6 Å². The van der Waals surface area contributed by atoms with Crippen molar-refractivity contribution in [2.24, 2.45) is 0 Å². The van der Waals surface area contributed by atoms with Gasteiger partial charge >= 0.3 is 5.97 Å². The maximum atomic E-state index is 11.5. The van der Waals surface area contributed by atoms with E-state index in [1.54, 1.807) is 0 Å². The first-order valence-corrected chi connectivity index (χ1v) is 4.95. The molecule has 1 aliphatic heterocycles. The van der Waals surface area contributed by atoms with E-state index < -0.39 is 0 Å². The summed E-state index contributed by atoms with van der Waals surface area (Å²) >= 11 is 0. The van der Waals surface area contributed by atoms with Crippen molar-refractivity contribution in [3.63, 3.8) is 0 Å². The number of piperidine rings is 1. The summed E-state index contributed by atoms with van der Waals surface area (Å²) in [7, 11) is 0. The zero-order valence-electron chi connectivity index (χ0n) is 8.72. The van der Waals surface area contributed by atoms with Crippen LogP contribution in [0.4, 0.5) is 0 Å². The van der Waals surface area contributed by atoms with Gasteiger partial charge in [-0.1, -0.05) is 6.42 Å². The summed E-state index contributed by atoms with van der Waals surface area (Å²) in [5.41, 5.74) is -0.365. The molecule has 1 saturated heterocycles. The number of rotatable bonds is 1. The van der Waals surface area contributed by atoms with Gasteiger partial charge in [-0.2, -0.15) is 0 Å². The van der Waals surface area contributed by atoms with Crippen LogP contribution >= 0.6 is 0 Å². The second-order valence-electron chi connectivity index (χ2n) is 4.54. The molecule has 76 valence electrons. The quantitative estimate of drug-likeness (QED) is 0.629. The van der Waals surface area contributed by atoms with Crippen LogP contribution in [0.1, 0.15) is 40.0 Å². The van der Waals surface area contributed by atoms with Crippen LogP contribution in [0.5, 0.6) is 0 Å². The van der Waals surface area contributed by atoms with Crippen LogP contribution < -0.4 is 5.32 Å². The van der Waals surface area contributed by atoms with Crippen molar-refractivity contribution in [3.8, 4) is 0 Å². The van der Waals surface area contributed by atoms with Gasteiger partial charge in [-0.05, 0) is 40.2 Å². The number of hydrogen-bond acceptors (Lipinski definition) is 3. The third-order valence-electron chi connectivity index (χ3n) is 2.00. The number of nitrogens with one attached hydrogen (secondary N) is 1. The van der Waals surface area contributed by atoms with Gasteiger partial charge in [0.05, 0.1) is 0 Å². The maximum Gasteiger partial charge on any atom is 0.323 e. The van der Waals surface area contributed by atoms with Crippen LogP contribution in [-0.2, 0) is 9.53 Å². The van der Waals surface area contributed by atoms with Crippen molar-refractivity contribution in [3.05, 3.63) is 0 Å². The Kier molecular flexibility index (Phi) is 3.31. The molecule has 0 aromatic carbocycles. The van der Waals surface area contributed by atoms with Gasteiger partial charge in [-0.3, -0.25) is 4.79 Å². The molecule has 0 spiro atoms. The van der Waals surface area contributed by atoms with Crippen LogP contribution in [-0.4, -0.2) is 24.2 Å². The molecule has 1 aliphatic rings. The van der Waals surface area contributed by atoms with E-state index in [-0.39, 0.29) is 17.6 Å². The maximum absolute atomic E-state index is 11.5. The van der Waals surface area contributed by atoms with Crippen LogP contribution in [0.3, 0.4) is 0 Å². The predicted octanol–water partition coefficient (Wildman–Crippen LogP) is 1.47. The summed E-state index contributed by atoms with van der Waals surface area (Å²) in [5, 5.41) is 3.17. The Labute approximate surface area is 79.8 Å². The minimum absolute atomic E-state index is 0.0759. The normalized spacial score (nSPS) is 24.1. The third kappa shape index (κ3) is 3.77. The van der Waals surface area contributed by atoms with Crippen LogP contribution in [0.15, 0.2) is 0 Å². The zero-order valence-corrected chi connectivity index (χ0v) is 8.72. The molecule has 0 amide bonds. The minimum Gasteiger partial charge on any atom is -0.459 e. The monoisotopic (exact) mass is 185 g/mol. The molecular weight excluding hydrogens is 166 g/mol. The standard InChI is InChI=1S/C10H19NO2/c1-10(2,3)13-9(12)8-6-4-5-7-11-8/h8,11H,4-7H2,1-3H3/t8-/m1/s1. The van der Waals surface area contributed by atoms with Crippen molar-refractivity contribution < 1.29 is 9.53 Å². The van der Waals surface area contributed by atoms with E-state index in [0.29, 0.717) is 0 Å². The van der Waals surface area contributed by atoms with E-state index in [2.05, 4.69) is 5.32 Å². The molecule has 0 aromatic heterocycles. The summed E-state index contributed by atoms with van der Waals surface area (Å²) in [6.07, 6.45) is 3.20. The lowest BCUT2D eigenvalue weighted by Crippen LogP contribution is -2.43. The topological polar surface area (TPSA) is 38.3 Å². The Hall–Kier alpha value is -0.570. The van der Waals surface area contributed by atoms with Gasteiger partial charge in [-0.25, -0.2) is 0 Å². The van der Waals surface area contributed by atoms with E-state index in [1.165, 1.54) is 6.42 Å². The second-order valence-corrected chi connectivity index (χ2v) is 4.54. The molecule has 0 saturated carbocycles. The minimum atomic E-state index is -0.365. The molecule has 3 nitrogen and oxygen atoms in total. The fourth-order valence-corrected chi connectivity index (χ4v) is 1.43. The summed E-state index contributed by atoms with van der Waals surface area (Å²) in [6.45, 7) is 6.62. The number of carbonyl (C=O) groups is 1. The Morgan fingerprint density at radius 2 is 2.08 bits per heavy atom. The first kappa shape index (κ1) is 10.5. The summed E-state index contributed by atoms with van der Waals surface area (Å²) in [4.78, 5) is 11.5. The molecule has 1 heterocycles. The molecule has 1 N–H and O–H groups in total. The van der Waals surface area contributed by atoms with Gasteiger partial charge in [-0.15, -0.1) is 0 Å². The van der Waals surface area contributed by atoms with Gasteiger partial charge < -0.3 is 10.1 Å². The molecule has 0 bridgehead atoms. The predicted molar refractivity (Wildman–Crippen MR) is 51.5 cm³/mol. The first-order valence-electron chi connectivity index (χ1n) is 4.95. The summed E-state index contributed by atoms with van der Waals surface area (Å²) in [5.74, 6) is -0.104. The van der Waals surface area contributed by atoms with Gasteiger partial charge in [0.2, 0.25) is 0 Å². The van der Waals surface area contributed by atoms with Crippen LogP contribution in [0, 0.1) is 0 Å². The molecule has 0 unspecified atom stereocenters. The van der Waals surface area contributed by atoms with Crippen molar-refractivity contribution in [1.82, 2.24) is 5.32 Å². The van der Waals surface area contributed by atoms with Gasteiger partial charge in [0.15, 0.2) is 0 Å². The molecule has 1 fully saturated rings. The fraction of sp³-hybridized carbons (Fsp3) is 0.900. The van der Waals surface area contributed by atoms with Crippen molar-refractivity contribution >= 4 is 5.97 Å². The fourth-order valence-electron chi connectivity index (χ4n) is 1.43. The van der Waals surface area contributed by atoms with Crippen LogP contribution in [0.25, 0.3) is 0 Å². The highest BCUT2D eigenvalue weighted by atomic mass is 16.6. The zero-order chi connectivity index (χ0) is 9.90. The van der Waals surface area contributed by atoms with E-state index in [0.717, 1.165) is 19.4 Å². The molecule has 0 radical (unpaired) electrons. The lowest BCUT2D eigenvalue weighted by Gasteiger charge is -2.26. The Balaban J connectivity index is 2.38. The molecular formula is C10H19NO2. The Bertz CT molecular complexity index is 178. The van der Waals surface area contributed by atoms with Gasteiger partial charge in [0, 0.05) is 0 Å². The second kappa shape index (κ2) is 4.09. The molecule has 3 heteroatoms. The summed E-state index contributed by atoms with van der Waals surface area (Å²) < 4.78 is 5.28. The molecule has 13 heavy (non-hydrogen) atoms. The molecule has 1 atom stereocenters. The number of esters is 1. The lowest BCUT2D eigenvalue weighted by molar-refractivity contribution is -0.158. The van der Waals surface area contributed by atoms with Crippen molar-refractivity contribution in [1.29, 1.82) is 0 Å². The largest absolute Gasteiger partial charge is 0.459 e. The third-order valence-corrected chi connectivity index (χ3v) is 2.00. The average molecular weight is 185 g/mol. The molecule has 0 aliphatic carbocycles. The SMILES string of the molecule is CC(C)(C)OC(=O)[C@H]1CCCCN1. The number of hydrogen-bond donors (Lipinski definition) is 1. The number of carbonyl (C=O) groups excluding carboxylic acids is 1. The average Bonchev–Trinajstić information content (AvgIpc) is 2.03. The van der Waals surface area contributed by atoms with Crippen LogP contribution in [0.2, 0.25) is 0 Å². The van der Waals surface area contributed by atoms with E-state index >= 15 is 0 Å². The molecule has 1 rings (SSSR count). The van der Waals surface area contributed by atoms with Crippen molar-refractivity contribution in [2.45, 2.75) is 51.7 Å². The number of ether oxygens (including phenoxy) is 1. The molecule has 0 aromatic rings. The van der Waals surface area contributed by atoms with E-state index in [9.17, 15) is 4.79 Å². The van der Waals surface area contributed by atoms with E-state index in [1.807, 2.05) is 20.8 Å². The summed E-state index contributed by atoms with van der Waals surface area (Å²) in [6, 6.07) is -0.0759. The van der Waals surface area contributed by atoms with E-state index in [4.69, 9.17) is 4.74 Å². The Morgan fingerprint density at radius 1 is 1.38 bits per heavy atom.